The molecule has 1 heterocycles. The zero-order chi connectivity index (χ0) is 11.4. The number of aliphatic hydroxyl groups is 1. The predicted octanol–water partition coefficient (Wildman–Crippen LogP) is 2.80. The fourth-order valence-corrected chi connectivity index (χ4v) is 3.40. The van der Waals surface area contributed by atoms with E-state index >= 15 is 0 Å². The predicted molar refractivity (Wildman–Crippen MR) is 67.5 cm³/mol. The van der Waals surface area contributed by atoms with E-state index in [1.165, 1.54) is 38.5 Å². The largest absolute Gasteiger partial charge is 0.393 e. The Morgan fingerprint density at radius 1 is 1.06 bits per heavy atom. The molecular formula is C14H27NO. The number of likely N-dealkylation sites (tertiary alicyclic amines) is 1. The molecule has 1 aliphatic heterocycles. The van der Waals surface area contributed by atoms with Gasteiger partial charge in [0, 0.05) is 19.1 Å². The fraction of sp³-hybridized carbons (Fsp3) is 1.00. The van der Waals surface area contributed by atoms with E-state index in [0.29, 0.717) is 5.92 Å². The van der Waals surface area contributed by atoms with Crippen molar-refractivity contribution in [2.24, 2.45) is 5.92 Å². The number of piperidine rings is 1. The van der Waals surface area contributed by atoms with Crippen LogP contribution in [0, 0.1) is 5.92 Å². The third-order valence-corrected chi connectivity index (χ3v) is 4.59. The van der Waals surface area contributed by atoms with E-state index in [1.54, 1.807) is 0 Å². The van der Waals surface area contributed by atoms with Crippen LogP contribution in [0.5, 0.6) is 0 Å². The van der Waals surface area contributed by atoms with Gasteiger partial charge in [-0.1, -0.05) is 32.6 Å². The van der Waals surface area contributed by atoms with Crippen molar-refractivity contribution in [1.82, 2.24) is 4.90 Å². The van der Waals surface area contributed by atoms with Crippen LogP contribution in [0.1, 0.15) is 58.3 Å². The highest BCUT2D eigenvalue weighted by atomic mass is 16.3. The van der Waals surface area contributed by atoms with Crippen LogP contribution in [0.15, 0.2) is 0 Å². The second kappa shape index (κ2) is 6.02. The van der Waals surface area contributed by atoms with Gasteiger partial charge in [-0.25, -0.2) is 0 Å². The molecule has 2 heteroatoms. The van der Waals surface area contributed by atoms with Crippen LogP contribution in [0.4, 0.5) is 0 Å². The molecule has 0 aromatic rings. The molecule has 16 heavy (non-hydrogen) atoms. The minimum atomic E-state index is -0.0352. The molecule has 2 fully saturated rings. The van der Waals surface area contributed by atoms with E-state index in [9.17, 15) is 5.11 Å². The second-order valence-electron chi connectivity index (χ2n) is 5.66. The summed E-state index contributed by atoms with van der Waals surface area (Å²) in [6.07, 6.45) is 10.6. The summed E-state index contributed by atoms with van der Waals surface area (Å²) in [5.41, 5.74) is 0. The monoisotopic (exact) mass is 225 g/mol. The van der Waals surface area contributed by atoms with E-state index < -0.39 is 0 Å². The molecule has 1 saturated heterocycles. The van der Waals surface area contributed by atoms with Crippen molar-refractivity contribution in [3.05, 3.63) is 0 Å². The number of hydrogen-bond donors (Lipinski definition) is 1. The van der Waals surface area contributed by atoms with E-state index in [2.05, 4.69) is 11.8 Å². The quantitative estimate of drug-likeness (QED) is 0.731. The molecule has 0 bridgehead atoms. The highest BCUT2D eigenvalue weighted by Gasteiger charge is 2.30. The first-order chi connectivity index (χ1) is 7.81. The molecule has 0 amide bonds. The Labute approximate surface area is 100 Å². The van der Waals surface area contributed by atoms with Crippen LogP contribution in [0.2, 0.25) is 0 Å². The Balaban J connectivity index is 1.88. The van der Waals surface area contributed by atoms with Gasteiger partial charge in [-0.15, -0.1) is 0 Å². The molecule has 0 aromatic heterocycles. The molecule has 2 nitrogen and oxygen atoms in total. The van der Waals surface area contributed by atoms with Gasteiger partial charge in [0.15, 0.2) is 0 Å². The minimum absolute atomic E-state index is 0.0352. The van der Waals surface area contributed by atoms with Gasteiger partial charge in [0.1, 0.15) is 0 Å². The third-order valence-electron chi connectivity index (χ3n) is 4.59. The maximum absolute atomic E-state index is 9.91. The van der Waals surface area contributed by atoms with Crippen molar-refractivity contribution in [3.63, 3.8) is 0 Å². The molecule has 1 aliphatic carbocycles. The maximum atomic E-state index is 9.91. The number of aliphatic hydroxyl groups excluding tert-OH is 1. The first-order valence-corrected chi connectivity index (χ1v) is 7.23. The van der Waals surface area contributed by atoms with Crippen LogP contribution in [-0.2, 0) is 0 Å². The molecule has 2 rings (SSSR count). The summed E-state index contributed by atoms with van der Waals surface area (Å²) in [5.74, 6) is 0.525. The van der Waals surface area contributed by atoms with Gasteiger partial charge >= 0.3 is 0 Å². The summed E-state index contributed by atoms with van der Waals surface area (Å²) in [4.78, 5) is 2.67. The lowest BCUT2D eigenvalue weighted by atomic mass is 9.90. The minimum Gasteiger partial charge on any atom is -0.393 e. The lowest BCUT2D eigenvalue weighted by molar-refractivity contribution is 0.00545. The molecule has 0 aromatic carbocycles. The van der Waals surface area contributed by atoms with Gasteiger partial charge in [-0.3, -0.25) is 4.90 Å². The van der Waals surface area contributed by atoms with Crippen molar-refractivity contribution in [3.8, 4) is 0 Å². The summed E-state index contributed by atoms with van der Waals surface area (Å²) in [5, 5.41) is 9.91. The molecule has 1 saturated carbocycles. The normalized spacial score (nSPS) is 34.9. The first kappa shape index (κ1) is 12.4. The van der Waals surface area contributed by atoms with E-state index in [4.69, 9.17) is 0 Å². The molecule has 2 aliphatic rings. The summed E-state index contributed by atoms with van der Waals surface area (Å²) in [7, 11) is 0. The average molecular weight is 225 g/mol. The second-order valence-corrected chi connectivity index (χ2v) is 5.66. The molecule has 2 atom stereocenters. The van der Waals surface area contributed by atoms with Gasteiger partial charge in [0.25, 0.3) is 0 Å². The van der Waals surface area contributed by atoms with Crippen molar-refractivity contribution >= 4 is 0 Å². The third kappa shape index (κ3) is 2.98. The molecule has 0 spiro atoms. The Morgan fingerprint density at radius 3 is 2.38 bits per heavy atom. The standard InChI is InChI=1S/C14H27NO/c1-2-12-11-15(10-9-14(12)16)13-7-5-3-4-6-8-13/h12-14,16H,2-11H2,1H3. The topological polar surface area (TPSA) is 23.5 Å². The smallest absolute Gasteiger partial charge is 0.0592 e. The van der Waals surface area contributed by atoms with Crippen LogP contribution in [-0.4, -0.2) is 35.2 Å². The molecule has 94 valence electrons. The zero-order valence-corrected chi connectivity index (χ0v) is 10.7. The van der Waals surface area contributed by atoms with Gasteiger partial charge in [-0.2, -0.15) is 0 Å². The van der Waals surface area contributed by atoms with E-state index in [1.807, 2.05) is 0 Å². The summed E-state index contributed by atoms with van der Waals surface area (Å²) in [6.45, 7) is 4.48. The maximum Gasteiger partial charge on any atom is 0.0592 e. The Bertz CT molecular complexity index is 199. The van der Waals surface area contributed by atoms with Gasteiger partial charge in [0.2, 0.25) is 0 Å². The Kier molecular flexibility index (Phi) is 4.66. The SMILES string of the molecule is CCC1CN(C2CCCCCC2)CCC1O. The van der Waals surface area contributed by atoms with Crippen LogP contribution in [0.3, 0.4) is 0 Å². The van der Waals surface area contributed by atoms with E-state index in [0.717, 1.165) is 32.0 Å². The van der Waals surface area contributed by atoms with Crippen LogP contribution in [0.25, 0.3) is 0 Å². The van der Waals surface area contributed by atoms with Crippen molar-refractivity contribution in [2.45, 2.75) is 70.4 Å². The van der Waals surface area contributed by atoms with Crippen LogP contribution < -0.4 is 0 Å². The fourth-order valence-electron chi connectivity index (χ4n) is 3.40. The molecule has 2 unspecified atom stereocenters. The summed E-state index contributed by atoms with van der Waals surface area (Å²) < 4.78 is 0. The highest BCUT2D eigenvalue weighted by Crippen LogP contribution is 2.27. The lowest BCUT2D eigenvalue weighted by Crippen LogP contribution is -2.47. The molecular weight excluding hydrogens is 198 g/mol. The van der Waals surface area contributed by atoms with Crippen molar-refractivity contribution in [1.29, 1.82) is 0 Å². The van der Waals surface area contributed by atoms with Crippen LogP contribution >= 0.6 is 0 Å². The van der Waals surface area contributed by atoms with Crippen molar-refractivity contribution < 1.29 is 5.11 Å². The zero-order valence-electron chi connectivity index (χ0n) is 10.7. The number of hydrogen-bond acceptors (Lipinski definition) is 2. The summed E-state index contributed by atoms with van der Waals surface area (Å²) >= 11 is 0. The summed E-state index contributed by atoms with van der Waals surface area (Å²) in [6, 6.07) is 0.823. The number of nitrogens with zero attached hydrogens (tertiary/aromatic N) is 1. The van der Waals surface area contributed by atoms with Gasteiger partial charge in [-0.05, 0) is 31.6 Å². The molecule has 1 N–H and O–H groups in total. The highest BCUT2D eigenvalue weighted by molar-refractivity contribution is 4.84. The first-order valence-electron chi connectivity index (χ1n) is 7.23. The Morgan fingerprint density at radius 2 is 1.75 bits per heavy atom. The van der Waals surface area contributed by atoms with Gasteiger partial charge in [0.05, 0.1) is 6.10 Å². The lowest BCUT2D eigenvalue weighted by Gasteiger charge is -2.40. The van der Waals surface area contributed by atoms with E-state index in [-0.39, 0.29) is 6.10 Å². The van der Waals surface area contributed by atoms with Crippen molar-refractivity contribution in [2.75, 3.05) is 13.1 Å². The average Bonchev–Trinajstić information content (AvgIpc) is 2.58. The Hall–Kier alpha value is -0.0800. The molecule has 0 radical (unpaired) electrons. The van der Waals surface area contributed by atoms with Gasteiger partial charge < -0.3 is 5.11 Å². The number of rotatable bonds is 2.